The molecule has 0 saturated carbocycles. The van der Waals surface area contributed by atoms with E-state index in [1.54, 1.807) is 17.1 Å². The molecule has 0 radical (unpaired) electrons. The molecule has 0 aliphatic rings. The summed E-state index contributed by atoms with van der Waals surface area (Å²) in [5.41, 5.74) is 7.87. The van der Waals surface area contributed by atoms with Gasteiger partial charge in [0.2, 0.25) is 0 Å². The van der Waals surface area contributed by atoms with Crippen LogP contribution in [0.4, 0.5) is 5.82 Å². The highest BCUT2D eigenvalue weighted by Crippen LogP contribution is 2.17. The predicted molar refractivity (Wildman–Crippen MR) is 80.1 cm³/mol. The van der Waals surface area contributed by atoms with Crippen molar-refractivity contribution < 1.29 is 0 Å². The third-order valence-corrected chi connectivity index (χ3v) is 3.25. The zero-order valence-electron chi connectivity index (χ0n) is 12.1. The summed E-state index contributed by atoms with van der Waals surface area (Å²) in [4.78, 5) is 15.1. The maximum Gasteiger partial charge on any atom is 0.163 e. The molecule has 108 valence electrons. The fourth-order valence-electron chi connectivity index (χ4n) is 2.26. The van der Waals surface area contributed by atoms with E-state index in [4.69, 9.17) is 5.73 Å². The Morgan fingerprint density at radius 3 is 2.86 bits per heavy atom. The van der Waals surface area contributed by atoms with Crippen LogP contribution in [0.3, 0.4) is 0 Å². The van der Waals surface area contributed by atoms with Crippen LogP contribution in [0.1, 0.15) is 11.4 Å². The Bertz CT molecular complexity index is 751. The Kier molecular flexibility index (Phi) is 3.49. The Hall–Kier alpha value is -2.54. The zero-order valence-corrected chi connectivity index (χ0v) is 12.1. The lowest BCUT2D eigenvalue weighted by molar-refractivity contribution is 0.310. The lowest BCUT2D eigenvalue weighted by atomic mass is 10.2. The molecule has 3 rings (SSSR count). The fraction of sp³-hybridized carbons (Fsp3) is 0.286. The van der Waals surface area contributed by atoms with E-state index in [1.165, 1.54) is 0 Å². The van der Waals surface area contributed by atoms with Gasteiger partial charge in [-0.25, -0.2) is 9.97 Å². The number of anilines is 1. The highest BCUT2D eigenvalue weighted by atomic mass is 15.3. The molecule has 0 unspecified atom stereocenters. The van der Waals surface area contributed by atoms with Crippen molar-refractivity contribution in [2.24, 2.45) is 7.05 Å². The van der Waals surface area contributed by atoms with E-state index in [0.29, 0.717) is 18.2 Å². The van der Waals surface area contributed by atoms with Crippen LogP contribution in [-0.2, 0) is 20.1 Å². The maximum absolute atomic E-state index is 5.97. The number of rotatable bonds is 4. The molecular weight excluding hydrogens is 266 g/mol. The summed E-state index contributed by atoms with van der Waals surface area (Å²) in [5.74, 6) is 1.16. The number of aromatic nitrogens is 5. The van der Waals surface area contributed by atoms with E-state index in [-0.39, 0.29) is 0 Å². The van der Waals surface area contributed by atoms with Crippen LogP contribution in [-0.4, -0.2) is 36.7 Å². The number of nitrogens with two attached hydrogens (primary N) is 1. The van der Waals surface area contributed by atoms with Crippen molar-refractivity contribution >= 4 is 16.9 Å². The van der Waals surface area contributed by atoms with Crippen molar-refractivity contribution in [1.29, 1.82) is 0 Å². The lowest BCUT2D eigenvalue weighted by Crippen LogP contribution is -2.19. The third-order valence-electron chi connectivity index (χ3n) is 3.25. The first-order valence-corrected chi connectivity index (χ1v) is 6.65. The van der Waals surface area contributed by atoms with E-state index in [0.717, 1.165) is 23.1 Å². The number of aryl methyl sites for hydroxylation is 1. The summed E-state index contributed by atoms with van der Waals surface area (Å²) in [7, 11) is 3.86. The fourth-order valence-corrected chi connectivity index (χ4v) is 2.26. The van der Waals surface area contributed by atoms with Gasteiger partial charge in [0.15, 0.2) is 5.65 Å². The van der Waals surface area contributed by atoms with E-state index in [1.807, 2.05) is 32.4 Å². The van der Waals surface area contributed by atoms with Crippen LogP contribution in [0.25, 0.3) is 11.0 Å². The normalized spacial score (nSPS) is 11.4. The molecule has 3 aromatic heterocycles. The molecule has 0 aliphatic heterocycles. The van der Waals surface area contributed by atoms with Crippen molar-refractivity contribution in [3.63, 3.8) is 0 Å². The van der Waals surface area contributed by atoms with E-state index in [9.17, 15) is 0 Å². The minimum atomic E-state index is 0.470. The van der Waals surface area contributed by atoms with E-state index in [2.05, 4.69) is 25.0 Å². The zero-order chi connectivity index (χ0) is 14.8. The first-order valence-electron chi connectivity index (χ1n) is 6.65. The predicted octanol–water partition coefficient (Wildman–Crippen LogP) is 0.972. The second kappa shape index (κ2) is 5.45. The average Bonchev–Trinajstić information content (AvgIpc) is 2.82. The number of fused-ring (bicyclic) bond motifs is 1. The molecule has 0 spiro atoms. The van der Waals surface area contributed by atoms with Crippen molar-refractivity contribution in [3.8, 4) is 0 Å². The number of hydrogen-bond donors (Lipinski definition) is 1. The monoisotopic (exact) mass is 283 g/mol. The van der Waals surface area contributed by atoms with Gasteiger partial charge in [0.1, 0.15) is 11.6 Å². The summed E-state index contributed by atoms with van der Waals surface area (Å²) in [6.45, 7) is 1.39. The summed E-state index contributed by atoms with van der Waals surface area (Å²) >= 11 is 0. The Labute approximate surface area is 122 Å². The van der Waals surface area contributed by atoms with Gasteiger partial charge in [0, 0.05) is 26.0 Å². The molecule has 21 heavy (non-hydrogen) atoms. The van der Waals surface area contributed by atoms with Crippen LogP contribution in [0, 0.1) is 0 Å². The van der Waals surface area contributed by atoms with Gasteiger partial charge in [-0.3, -0.25) is 14.6 Å². The van der Waals surface area contributed by atoms with Crippen LogP contribution in [0.2, 0.25) is 0 Å². The van der Waals surface area contributed by atoms with Crippen LogP contribution >= 0.6 is 0 Å². The maximum atomic E-state index is 5.97. The van der Waals surface area contributed by atoms with Gasteiger partial charge >= 0.3 is 0 Å². The Morgan fingerprint density at radius 1 is 1.24 bits per heavy atom. The molecule has 7 nitrogen and oxygen atoms in total. The SMILES string of the molecule is CN(Cc1cccnc1)Cc1nc(N)c2cnn(C)c2n1. The van der Waals surface area contributed by atoms with Crippen molar-refractivity contribution in [2.45, 2.75) is 13.1 Å². The smallest absolute Gasteiger partial charge is 0.163 e. The first kappa shape index (κ1) is 13.4. The van der Waals surface area contributed by atoms with Crippen LogP contribution in [0.15, 0.2) is 30.7 Å². The molecule has 0 aromatic carbocycles. The second-order valence-electron chi connectivity index (χ2n) is 5.06. The molecule has 0 saturated heterocycles. The largest absolute Gasteiger partial charge is 0.383 e. The van der Waals surface area contributed by atoms with Gasteiger partial charge in [-0.1, -0.05) is 6.07 Å². The van der Waals surface area contributed by atoms with Gasteiger partial charge in [-0.15, -0.1) is 0 Å². The molecule has 7 heteroatoms. The average molecular weight is 283 g/mol. The summed E-state index contributed by atoms with van der Waals surface area (Å²) in [6.07, 6.45) is 5.31. The quantitative estimate of drug-likeness (QED) is 0.768. The van der Waals surface area contributed by atoms with Crippen LogP contribution < -0.4 is 5.73 Å². The Balaban J connectivity index is 1.79. The molecule has 0 atom stereocenters. The minimum Gasteiger partial charge on any atom is -0.383 e. The number of nitrogens with zero attached hydrogens (tertiary/aromatic N) is 6. The van der Waals surface area contributed by atoms with Gasteiger partial charge in [-0.2, -0.15) is 5.10 Å². The van der Waals surface area contributed by atoms with Gasteiger partial charge < -0.3 is 5.73 Å². The summed E-state index contributed by atoms with van der Waals surface area (Å²) in [6, 6.07) is 3.97. The molecule has 0 fully saturated rings. The highest BCUT2D eigenvalue weighted by Gasteiger charge is 2.11. The van der Waals surface area contributed by atoms with E-state index >= 15 is 0 Å². The summed E-state index contributed by atoms with van der Waals surface area (Å²) in [5, 5.41) is 4.94. The molecule has 3 heterocycles. The molecule has 0 amide bonds. The molecule has 0 bridgehead atoms. The molecular formula is C14H17N7. The highest BCUT2D eigenvalue weighted by molar-refractivity contribution is 5.84. The lowest BCUT2D eigenvalue weighted by Gasteiger charge is -2.15. The summed E-state index contributed by atoms with van der Waals surface area (Å²) < 4.78 is 1.71. The third kappa shape index (κ3) is 2.82. The van der Waals surface area contributed by atoms with Crippen LogP contribution in [0.5, 0.6) is 0 Å². The van der Waals surface area contributed by atoms with Gasteiger partial charge in [-0.05, 0) is 18.7 Å². The topological polar surface area (TPSA) is 85.8 Å². The van der Waals surface area contributed by atoms with E-state index < -0.39 is 0 Å². The number of hydrogen-bond acceptors (Lipinski definition) is 6. The first-order chi connectivity index (χ1) is 10.1. The van der Waals surface area contributed by atoms with Gasteiger partial charge in [0.25, 0.3) is 0 Å². The molecule has 0 aliphatic carbocycles. The molecule has 3 aromatic rings. The van der Waals surface area contributed by atoms with Crippen molar-refractivity contribution in [2.75, 3.05) is 12.8 Å². The van der Waals surface area contributed by atoms with Crippen molar-refractivity contribution in [1.82, 2.24) is 29.6 Å². The van der Waals surface area contributed by atoms with Crippen molar-refractivity contribution in [3.05, 3.63) is 42.1 Å². The van der Waals surface area contributed by atoms with Gasteiger partial charge in [0.05, 0.1) is 18.1 Å². The Morgan fingerprint density at radius 2 is 2.10 bits per heavy atom. The number of nitrogen functional groups attached to an aromatic ring is 1. The molecule has 2 N–H and O–H groups in total. The standard InChI is InChI=1S/C14H17N7/c1-20(8-10-4-3-5-16-6-10)9-12-18-13(15)11-7-17-21(2)14(11)19-12/h3-7H,8-9H2,1-2H3,(H2,15,18,19). The number of pyridine rings is 1. The second-order valence-corrected chi connectivity index (χ2v) is 5.06. The minimum absolute atomic E-state index is 0.470.